The third-order valence-corrected chi connectivity index (χ3v) is 8.26. The van der Waals surface area contributed by atoms with Gasteiger partial charge in [-0.1, -0.05) is 37.1 Å². The van der Waals surface area contributed by atoms with E-state index in [2.05, 4.69) is 26.0 Å². The number of rotatable bonds is 1. The molecule has 6 atom stereocenters. The van der Waals surface area contributed by atoms with Crippen LogP contribution in [0.5, 0.6) is 0 Å². The number of aliphatic hydroxyl groups excluding tert-OH is 2. The highest BCUT2D eigenvalue weighted by molar-refractivity contribution is 5.29. The van der Waals surface area contributed by atoms with Crippen molar-refractivity contribution in [3.05, 3.63) is 23.3 Å². The normalized spacial score (nSPS) is 51.0. The van der Waals surface area contributed by atoms with E-state index in [0.29, 0.717) is 10.8 Å². The van der Waals surface area contributed by atoms with Crippen LogP contribution in [0.25, 0.3) is 0 Å². The molecule has 128 valence electrons. The van der Waals surface area contributed by atoms with Crippen LogP contribution in [0.2, 0.25) is 0 Å². The first-order valence-corrected chi connectivity index (χ1v) is 9.67. The molecule has 4 aliphatic carbocycles. The van der Waals surface area contributed by atoms with Gasteiger partial charge in [-0.3, -0.25) is 0 Å². The van der Waals surface area contributed by atoms with Gasteiger partial charge in [0, 0.05) is 0 Å². The molecule has 0 aliphatic heterocycles. The maximum atomic E-state index is 10.1. The van der Waals surface area contributed by atoms with Gasteiger partial charge < -0.3 is 10.2 Å². The van der Waals surface area contributed by atoms with Crippen LogP contribution in [0.15, 0.2) is 23.3 Å². The molecule has 2 N–H and O–H groups in total. The number of hydrogen-bond donors (Lipinski definition) is 2. The first kappa shape index (κ1) is 15.9. The van der Waals surface area contributed by atoms with Crippen molar-refractivity contribution in [1.82, 2.24) is 0 Å². The van der Waals surface area contributed by atoms with Crippen LogP contribution in [0.3, 0.4) is 0 Å². The van der Waals surface area contributed by atoms with E-state index < -0.39 is 0 Å². The molecule has 2 heteroatoms. The summed E-state index contributed by atoms with van der Waals surface area (Å²) in [6.07, 6.45) is 13.9. The summed E-state index contributed by atoms with van der Waals surface area (Å²) < 4.78 is 0. The van der Waals surface area contributed by atoms with E-state index in [1.807, 2.05) is 0 Å². The first-order valence-electron chi connectivity index (χ1n) is 9.67. The fraction of sp³-hybridized carbons (Fsp3) is 0.810. The number of allylic oxidation sites excluding steroid dienone is 2. The molecule has 3 saturated carbocycles. The van der Waals surface area contributed by atoms with Gasteiger partial charge in [0.15, 0.2) is 0 Å². The second-order valence-corrected chi connectivity index (χ2v) is 9.06. The van der Waals surface area contributed by atoms with Gasteiger partial charge in [-0.05, 0) is 80.0 Å². The van der Waals surface area contributed by atoms with E-state index in [1.165, 1.54) is 44.1 Å². The molecule has 23 heavy (non-hydrogen) atoms. The maximum Gasteiger partial charge on any atom is 0.0615 e. The predicted octanol–water partition coefficient (Wildman–Crippen LogP) is 4.23. The number of fused-ring (bicyclic) bond motifs is 5. The summed E-state index contributed by atoms with van der Waals surface area (Å²) in [6.45, 7) is 5.16. The molecule has 0 aromatic carbocycles. The molecule has 0 saturated heterocycles. The third-order valence-electron chi connectivity index (χ3n) is 8.26. The zero-order valence-electron chi connectivity index (χ0n) is 14.7. The SMILES string of the molecule is C[C@]12CC[C@H](O)CC1=CCC1C2CC[C@]2(C)C(=CCO)CCC12. The summed E-state index contributed by atoms with van der Waals surface area (Å²) in [4.78, 5) is 0. The number of hydrogen-bond acceptors (Lipinski definition) is 2. The molecule has 3 fully saturated rings. The van der Waals surface area contributed by atoms with Gasteiger partial charge in [0.05, 0.1) is 12.7 Å². The molecule has 0 radical (unpaired) electrons. The molecule has 2 nitrogen and oxygen atoms in total. The summed E-state index contributed by atoms with van der Waals surface area (Å²) in [5.74, 6) is 2.41. The lowest BCUT2D eigenvalue weighted by atomic mass is 9.48. The van der Waals surface area contributed by atoms with Gasteiger partial charge in [-0.25, -0.2) is 0 Å². The molecule has 0 spiro atoms. The second-order valence-electron chi connectivity index (χ2n) is 9.06. The minimum atomic E-state index is -0.106. The Morgan fingerprint density at radius 3 is 2.65 bits per heavy atom. The van der Waals surface area contributed by atoms with Crippen molar-refractivity contribution in [2.24, 2.45) is 28.6 Å². The van der Waals surface area contributed by atoms with Crippen molar-refractivity contribution < 1.29 is 10.2 Å². The molecule has 0 heterocycles. The quantitative estimate of drug-likeness (QED) is 0.711. The highest BCUT2D eigenvalue weighted by Crippen LogP contribution is 2.66. The van der Waals surface area contributed by atoms with Crippen LogP contribution in [0.1, 0.15) is 65.2 Å². The van der Waals surface area contributed by atoms with Crippen molar-refractivity contribution in [2.45, 2.75) is 71.3 Å². The summed E-state index contributed by atoms with van der Waals surface area (Å²) in [6, 6.07) is 0. The Labute approximate surface area is 140 Å². The fourth-order valence-corrected chi connectivity index (χ4v) is 6.94. The zero-order chi connectivity index (χ0) is 16.2. The molecule has 0 aromatic heterocycles. The average molecular weight is 316 g/mol. The van der Waals surface area contributed by atoms with Gasteiger partial charge >= 0.3 is 0 Å². The van der Waals surface area contributed by atoms with E-state index in [4.69, 9.17) is 0 Å². The Bertz CT molecular complexity index is 548. The third kappa shape index (κ3) is 2.21. The lowest BCUT2D eigenvalue weighted by Gasteiger charge is -2.57. The Morgan fingerprint density at radius 2 is 1.87 bits per heavy atom. The highest BCUT2D eigenvalue weighted by atomic mass is 16.3. The second kappa shape index (κ2) is 5.46. The Morgan fingerprint density at radius 1 is 1.13 bits per heavy atom. The van der Waals surface area contributed by atoms with Crippen LogP contribution in [-0.2, 0) is 0 Å². The highest BCUT2D eigenvalue weighted by Gasteiger charge is 2.56. The molecule has 4 rings (SSSR count). The Balaban J connectivity index is 1.66. The lowest BCUT2D eigenvalue weighted by molar-refractivity contribution is -0.0269. The topological polar surface area (TPSA) is 40.5 Å². The van der Waals surface area contributed by atoms with Crippen LogP contribution in [0.4, 0.5) is 0 Å². The Kier molecular flexibility index (Phi) is 3.77. The predicted molar refractivity (Wildman–Crippen MR) is 92.9 cm³/mol. The Hall–Kier alpha value is -0.600. The monoisotopic (exact) mass is 316 g/mol. The van der Waals surface area contributed by atoms with Gasteiger partial charge in [0.1, 0.15) is 0 Å². The molecule has 3 unspecified atom stereocenters. The van der Waals surface area contributed by atoms with E-state index in [0.717, 1.165) is 30.6 Å². The van der Waals surface area contributed by atoms with Gasteiger partial charge in [-0.2, -0.15) is 0 Å². The summed E-state index contributed by atoms with van der Waals surface area (Å²) in [5.41, 5.74) is 3.76. The molecular formula is C21H32O2. The standard InChI is InChI=1S/C21H32O2/c1-20-11-8-19-17(18(20)6-4-14(20)9-12-22)5-3-15-13-16(23)7-10-21(15,19)2/h3,9,16-19,22-23H,4-8,10-13H2,1-2H3/t16-,17?,18?,19?,20+,21-/m0/s1. The van der Waals surface area contributed by atoms with Gasteiger partial charge in [0.25, 0.3) is 0 Å². The number of aliphatic hydroxyl groups is 2. The molecular weight excluding hydrogens is 284 g/mol. The molecule has 4 aliphatic rings. The van der Waals surface area contributed by atoms with E-state index >= 15 is 0 Å². The van der Waals surface area contributed by atoms with Gasteiger partial charge in [0.2, 0.25) is 0 Å². The summed E-state index contributed by atoms with van der Waals surface area (Å²) >= 11 is 0. The van der Waals surface area contributed by atoms with E-state index in [9.17, 15) is 10.2 Å². The van der Waals surface area contributed by atoms with Crippen LogP contribution in [0, 0.1) is 28.6 Å². The molecule has 0 aromatic rings. The fourth-order valence-electron chi connectivity index (χ4n) is 6.94. The van der Waals surface area contributed by atoms with Crippen molar-refractivity contribution in [2.75, 3.05) is 6.61 Å². The van der Waals surface area contributed by atoms with Gasteiger partial charge in [-0.15, -0.1) is 0 Å². The van der Waals surface area contributed by atoms with E-state index in [1.54, 1.807) is 5.57 Å². The first-order chi connectivity index (χ1) is 11.0. The summed E-state index contributed by atoms with van der Waals surface area (Å²) in [5, 5.41) is 19.4. The minimum Gasteiger partial charge on any atom is -0.393 e. The van der Waals surface area contributed by atoms with Crippen molar-refractivity contribution >= 4 is 0 Å². The molecule has 0 bridgehead atoms. The van der Waals surface area contributed by atoms with Crippen molar-refractivity contribution in [1.29, 1.82) is 0 Å². The van der Waals surface area contributed by atoms with Crippen LogP contribution in [-0.4, -0.2) is 22.9 Å². The largest absolute Gasteiger partial charge is 0.393 e. The average Bonchev–Trinajstić information content (AvgIpc) is 2.85. The summed E-state index contributed by atoms with van der Waals surface area (Å²) in [7, 11) is 0. The minimum absolute atomic E-state index is 0.106. The van der Waals surface area contributed by atoms with Crippen LogP contribution < -0.4 is 0 Å². The lowest BCUT2D eigenvalue weighted by Crippen LogP contribution is -2.49. The smallest absolute Gasteiger partial charge is 0.0615 e. The maximum absolute atomic E-state index is 10.1. The zero-order valence-corrected chi connectivity index (χ0v) is 14.7. The van der Waals surface area contributed by atoms with Crippen molar-refractivity contribution in [3.63, 3.8) is 0 Å². The van der Waals surface area contributed by atoms with Crippen molar-refractivity contribution in [3.8, 4) is 0 Å². The van der Waals surface area contributed by atoms with E-state index in [-0.39, 0.29) is 12.7 Å². The molecule has 0 amide bonds. The van der Waals surface area contributed by atoms with Crippen LogP contribution >= 0.6 is 0 Å².